The zero-order valence-corrected chi connectivity index (χ0v) is 11.4. The summed E-state index contributed by atoms with van der Waals surface area (Å²) in [6.45, 7) is 2.92. The summed E-state index contributed by atoms with van der Waals surface area (Å²) in [7, 11) is 0. The Bertz CT molecular complexity index is 620. The Morgan fingerprint density at radius 2 is 2.15 bits per heavy atom. The molecule has 0 amide bonds. The molecule has 108 valence electrons. The minimum Gasteiger partial charge on any atom is -0.339 e. The van der Waals surface area contributed by atoms with Crippen LogP contribution in [0.15, 0.2) is 9.90 Å². The standard InChI is InChI=1S/C11H10F3N3O2S/c1-5(9(18)11(12,13)14)10-16-8(17-19-10)3-7-4-20-6(2)15-7/h4-5H,3H2,1-2H3. The molecule has 1 atom stereocenters. The summed E-state index contributed by atoms with van der Waals surface area (Å²) in [5.74, 6) is -3.55. The van der Waals surface area contributed by atoms with E-state index in [-0.39, 0.29) is 18.1 Å². The van der Waals surface area contributed by atoms with Gasteiger partial charge in [-0.05, 0) is 13.8 Å². The molecule has 0 aliphatic rings. The van der Waals surface area contributed by atoms with Gasteiger partial charge in [-0.25, -0.2) is 4.98 Å². The average Bonchev–Trinajstić information content (AvgIpc) is 2.96. The molecular weight excluding hydrogens is 295 g/mol. The normalized spacial score (nSPS) is 13.4. The molecule has 0 spiro atoms. The maximum Gasteiger partial charge on any atom is 0.450 e. The lowest BCUT2D eigenvalue weighted by atomic mass is 10.1. The van der Waals surface area contributed by atoms with Gasteiger partial charge < -0.3 is 4.52 Å². The fourth-order valence-electron chi connectivity index (χ4n) is 1.52. The quantitative estimate of drug-likeness (QED) is 0.868. The van der Waals surface area contributed by atoms with E-state index >= 15 is 0 Å². The van der Waals surface area contributed by atoms with Crippen LogP contribution in [0.2, 0.25) is 0 Å². The first kappa shape index (κ1) is 14.6. The molecule has 2 heterocycles. The number of rotatable bonds is 4. The number of aromatic nitrogens is 3. The molecule has 0 radical (unpaired) electrons. The molecule has 20 heavy (non-hydrogen) atoms. The van der Waals surface area contributed by atoms with Crippen LogP contribution in [0.4, 0.5) is 13.2 Å². The molecule has 2 aromatic heterocycles. The first-order valence-corrected chi connectivity index (χ1v) is 6.50. The summed E-state index contributed by atoms with van der Waals surface area (Å²) in [5.41, 5.74) is 0.703. The van der Waals surface area contributed by atoms with Crippen molar-refractivity contribution < 1.29 is 22.5 Å². The molecule has 0 aliphatic carbocycles. The lowest BCUT2D eigenvalue weighted by Gasteiger charge is -2.08. The topological polar surface area (TPSA) is 68.9 Å². The number of hydrogen-bond donors (Lipinski definition) is 0. The van der Waals surface area contributed by atoms with Crippen LogP contribution in [-0.4, -0.2) is 27.1 Å². The van der Waals surface area contributed by atoms with E-state index in [4.69, 9.17) is 4.52 Å². The van der Waals surface area contributed by atoms with Crippen LogP contribution in [0.25, 0.3) is 0 Å². The SMILES string of the molecule is Cc1nc(Cc2noc(C(C)C(=O)C(F)(F)F)n2)cs1. The molecule has 1 unspecified atom stereocenters. The van der Waals surface area contributed by atoms with Crippen LogP contribution in [0, 0.1) is 6.92 Å². The van der Waals surface area contributed by atoms with Gasteiger partial charge in [0.1, 0.15) is 5.92 Å². The van der Waals surface area contributed by atoms with E-state index in [1.54, 1.807) is 5.38 Å². The number of thiazole rings is 1. The van der Waals surface area contributed by atoms with Gasteiger partial charge in [0.25, 0.3) is 0 Å². The molecule has 2 aromatic rings. The number of Topliss-reactive ketones (excluding diaryl/α,β-unsaturated/α-hetero) is 1. The maximum absolute atomic E-state index is 12.3. The van der Waals surface area contributed by atoms with Gasteiger partial charge in [0.15, 0.2) is 5.82 Å². The number of halogens is 3. The van der Waals surface area contributed by atoms with Gasteiger partial charge in [0.05, 0.1) is 17.1 Å². The third-order valence-corrected chi connectivity index (χ3v) is 3.36. The Morgan fingerprint density at radius 1 is 1.45 bits per heavy atom. The third-order valence-electron chi connectivity index (χ3n) is 2.53. The van der Waals surface area contributed by atoms with Crippen molar-refractivity contribution in [2.75, 3.05) is 0 Å². The van der Waals surface area contributed by atoms with Gasteiger partial charge in [-0.15, -0.1) is 11.3 Å². The Balaban J connectivity index is 2.11. The zero-order valence-electron chi connectivity index (χ0n) is 10.6. The highest BCUT2D eigenvalue weighted by Gasteiger charge is 2.43. The van der Waals surface area contributed by atoms with Crippen molar-refractivity contribution in [1.82, 2.24) is 15.1 Å². The summed E-state index contributed by atoms with van der Waals surface area (Å²) >= 11 is 1.44. The fourth-order valence-corrected chi connectivity index (χ4v) is 2.14. The summed E-state index contributed by atoms with van der Waals surface area (Å²) in [5, 5.41) is 6.23. The van der Waals surface area contributed by atoms with Crippen molar-refractivity contribution in [3.63, 3.8) is 0 Å². The number of carbonyl (C=O) groups is 1. The molecule has 0 bridgehead atoms. The molecule has 0 N–H and O–H groups in total. The van der Waals surface area contributed by atoms with Crippen LogP contribution in [-0.2, 0) is 11.2 Å². The summed E-state index contributed by atoms with van der Waals surface area (Å²) < 4.78 is 41.6. The van der Waals surface area contributed by atoms with Gasteiger partial charge in [0.2, 0.25) is 11.7 Å². The molecule has 2 rings (SSSR count). The monoisotopic (exact) mass is 305 g/mol. The van der Waals surface area contributed by atoms with Gasteiger partial charge >= 0.3 is 6.18 Å². The van der Waals surface area contributed by atoms with E-state index in [1.807, 2.05) is 6.92 Å². The van der Waals surface area contributed by atoms with Crippen molar-refractivity contribution in [2.45, 2.75) is 32.4 Å². The van der Waals surface area contributed by atoms with Crippen molar-refractivity contribution in [3.8, 4) is 0 Å². The van der Waals surface area contributed by atoms with E-state index < -0.39 is 17.9 Å². The minimum atomic E-state index is -4.92. The van der Waals surface area contributed by atoms with Gasteiger partial charge in [0, 0.05) is 5.38 Å². The van der Waals surface area contributed by atoms with E-state index in [0.717, 1.165) is 11.9 Å². The molecule has 9 heteroatoms. The average molecular weight is 305 g/mol. The van der Waals surface area contributed by atoms with Crippen molar-refractivity contribution in [1.29, 1.82) is 0 Å². The highest BCUT2D eigenvalue weighted by molar-refractivity contribution is 7.09. The highest BCUT2D eigenvalue weighted by Crippen LogP contribution is 2.26. The van der Waals surface area contributed by atoms with E-state index in [1.165, 1.54) is 11.3 Å². The van der Waals surface area contributed by atoms with Gasteiger partial charge in [-0.3, -0.25) is 4.79 Å². The zero-order chi connectivity index (χ0) is 14.9. The number of hydrogen-bond acceptors (Lipinski definition) is 6. The van der Waals surface area contributed by atoms with Crippen LogP contribution in [0.3, 0.4) is 0 Å². The second-order valence-corrected chi connectivity index (χ2v) is 5.23. The summed E-state index contributed by atoms with van der Waals surface area (Å²) in [6.07, 6.45) is -4.67. The molecule has 5 nitrogen and oxygen atoms in total. The Morgan fingerprint density at radius 3 is 2.70 bits per heavy atom. The summed E-state index contributed by atoms with van der Waals surface area (Å²) in [6, 6.07) is 0. The number of alkyl halides is 3. The molecular formula is C11H10F3N3O2S. The van der Waals surface area contributed by atoms with Crippen LogP contribution in [0.5, 0.6) is 0 Å². The van der Waals surface area contributed by atoms with Crippen LogP contribution < -0.4 is 0 Å². The van der Waals surface area contributed by atoms with E-state index in [2.05, 4.69) is 15.1 Å². The number of carbonyl (C=O) groups excluding carboxylic acids is 1. The Labute approximate surface area is 115 Å². The lowest BCUT2D eigenvalue weighted by Crippen LogP contribution is -2.27. The van der Waals surface area contributed by atoms with E-state index in [9.17, 15) is 18.0 Å². The predicted molar refractivity (Wildman–Crippen MR) is 63.4 cm³/mol. The van der Waals surface area contributed by atoms with Crippen LogP contribution >= 0.6 is 11.3 Å². The number of aryl methyl sites for hydroxylation is 1. The first-order chi connectivity index (χ1) is 9.27. The Kier molecular flexibility index (Phi) is 3.89. The molecule has 0 saturated heterocycles. The summed E-state index contributed by atoms with van der Waals surface area (Å²) in [4.78, 5) is 19.1. The van der Waals surface area contributed by atoms with E-state index in [0.29, 0.717) is 5.69 Å². The molecule has 0 saturated carbocycles. The maximum atomic E-state index is 12.3. The third kappa shape index (κ3) is 3.21. The number of nitrogens with zero attached hydrogens (tertiary/aromatic N) is 3. The molecule has 0 fully saturated rings. The minimum absolute atomic E-state index is 0.201. The largest absolute Gasteiger partial charge is 0.450 e. The fraction of sp³-hybridized carbons (Fsp3) is 0.455. The predicted octanol–water partition coefficient (Wildman–Crippen LogP) is 2.66. The van der Waals surface area contributed by atoms with Crippen LogP contribution in [0.1, 0.15) is 35.3 Å². The smallest absolute Gasteiger partial charge is 0.339 e. The number of ketones is 1. The van der Waals surface area contributed by atoms with Gasteiger partial charge in [-0.2, -0.15) is 18.2 Å². The molecule has 0 aromatic carbocycles. The second kappa shape index (κ2) is 5.31. The highest BCUT2D eigenvalue weighted by atomic mass is 32.1. The first-order valence-electron chi connectivity index (χ1n) is 5.62. The van der Waals surface area contributed by atoms with Crippen molar-refractivity contribution >= 4 is 17.1 Å². The lowest BCUT2D eigenvalue weighted by molar-refractivity contribution is -0.172. The van der Waals surface area contributed by atoms with Crippen molar-refractivity contribution in [2.24, 2.45) is 0 Å². The van der Waals surface area contributed by atoms with Gasteiger partial charge in [-0.1, -0.05) is 5.16 Å². The Hall–Kier alpha value is -1.77. The molecule has 0 aliphatic heterocycles. The second-order valence-electron chi connectivity index (χ2n) is 4.17. The van der Waals surface area contributed by atoms with Crippen molar-refractivity contribution in [3.05, 3.63) is 27.8 Å².